The van der Waals surface area contributed by atoms with Crippen molar-refractivity contribution in [1.29, 1.82) is 0 Å². The number of benzene rings is 1. The quantitative estimate of drug-likeness (QED) is 0.324. The normalized spacial score (nSPS) is 26.0. The molecule has 2 aliphatic rings. The second-order valence-electron chi connectivity index (χ2n) is 10.8. The van der Waals surface area contributed by atoms with Crippen LogP contribution in [0.25, 0.3) is 0 Å². The number of hydrogen-bond donors (Lipinski definition) is 4. The van der Waals surface area contributed by atoms with E-state index in [1.54, 1.807) is 0 Å². The molecule has 4 rings (SSSR count). The molecule has 224 valence electrons. The van der Waals surface area contributed by atoms with Crippen LogP contribution in [0.4, 0.5) is 33.9 Å². The number of anilines is 1. The van der Waals surface area contributed by atoms with E-state index in [1.807, 2.05) is 0 Å². The maximum absolute atomic E-state index is 13.8. The SMILES string of the molecule is Cc1[nH]cnc1C(C(=O)NC1CCC(F)(F)CC1)N(C(=O)C1CC(C)(O)CN1)c1ccc(S(F)(F)(F)(F)F)cc1. The number of β-amino-alcohol motifs (C(OH)–C–C–N with tert-alkyl or cyclic N) is 1. The van der Waals surface area contributed by atoms with Gasteiger partial charge in [0.1, 0.15) is 4.90 Å². The van der Waals surface area contributed by atoms with Gasteiger partial charge in [-0.15, -0.1) is 0 Å². The number of alkyl halides is 2. The molecular formula is C24H30F7N5O3S. The molecule has 0 radical (unpaired) electrons. The maximum atomic E-state index is 13.8. The second-order valence-corrected chi connectivity index (χ2v) is 13.2. The van der Waals surface area contributed by atoms with Gasteiger partial charge in [0.05, 0.1) is 23.7 Å². The molecule has 2 amide bonds. The minimum atomic E-state index is -10.0. The molecule has 3 atom stereocenters. The molecule has 2 fully saturated rings. The summed E-state index contributed by atoms with van der Waals surface area (Å²) < 4.78 is 94.3. The number of imidazole rings is 1. The van der Waals surface area contributed by atoms with E-state index in [4.69, 9.17) is 0 Å². The molecule has 40 heavy (non-hydrogen) atoms. The summed E-state index contributed by atoms with van der Waals surface area (Å²) in [5.74, 6) is -4.56. The zero-order valence-electron chi connectivity index (χ0n) is 21.6. The summed E-state index contributed by atoms with van der Waals surface area (Å²) >= 11 is 0. The number of carbonyl (C=O) groups is 2. The van der Waals surface area contributed by atoms with Gasteiger partial charge in [-0.2, -0.15) is 0 Å². The van der Waals surface area contributed by atoms with Crippen LogP contribution in [0.5, 0.6) is 0 Å². The molecule has 3 unspecified atom stereocenters. The van der Waals surface area contributed by atoms with Crippen LogP contribution >= 0.6 is 10.2 Å². The van der Waals surface area contributed by atoms with Gasteiger partial charge < -0.3 is 20.7 Å². The van der Waals surface area contributed by atoms with Gasteiger partial charge in [0.25, 0.3) is 0 Å². The molecule has 1 saturated carbocycles. The van der Waals surface area contributed by atoms with Crippen molar-refractivity contribution in [1.82, 2.24) is 20.6 Å². The Morgan fingerprint density at radius 2 is 1.73 bits per heavy atom. The first kappa shape index (κ1) is 30.1. The van der Waals surface area contributed by atoms with Crippen LogP contribution in [0.3, 0.4) is 0 Å². The predicted molar refractivity (Wildman–Crippen MR) is 134 cm³/mol. The van der Waals surface area contributed by atoms with E-state index in [2.05, 4.69) is 20.6 Å². The molecule has 1 aliphatic carbocycles. The predicted octanol–water partition coefficient (Wildman–Crippen LogP) is 5.26. The van der Waals surface area contributed by atoms with Crippen LogP contribution in [0.15, 0.2) is 35.5 Å². The van der Waals surface area contributed by atoms with Crippen molar-refractivity contribution < 1.29 is 42.9 Å². The standard InChI is InChI=1S/C24H30F7N5O3S/c1-14-19(34-13-33-14)20(21(37)35-15-7-9-24(25,26)10-8-15)36(22(38)18-11-23(2,39)12-32-18)16-3-5-17(6-4-16)40(27,28,29,30)31/h3-6,13,15,18,20,32,39H,7-12H2,1-2H3,(H,33,34)(H,35,37). The minimum absolute atomic E-state index is 0.00498. The number of aromatic amines is 1. The summed E-state index contributed by atoms with van der Waals surface area (Å²) in [6, 6.07) is -1.81. The molecule has 2 aromatic rings. The van der Waals surface area contributed by atoms with Gasteiger partial charge in [0, 0.05) is 43.2 Å². The Balaban J connectivity index is 1.77. The van der Waals surface area contributed by atoms with Gasteiger partial charge in [-0.3, -0.25) is 14.5 Å². The second kappa shape index (κ2) is 9.34. The Hall–Kier alpha value is -2.85. The van der Waals surface area contributed by atoms with Crippen LogP contribution < -0.4 is 15.5 Å². The Kier molecular flexibility index (Phi) is 7.03. The van der Waals surface area contributed by atoms with Crippen LogP contribution in [-0.4, -0.2) is 57.0 Å². The Labute approximate surface area is 225 Å². The van der Waals surface area contributed by atoms with Crippen molar-refractivity contribution in [2.75, 3.05) is 11.4 Å². The smallest absolute Gasteiger partial charge is 0.310 e. The average Bonchev–Trinajstić information content (AvgIpc) is 3.41. The molecule has 8 nitrogen and oxygen atoms in total. The molecular weight excluding hydrogens is 571 g/mol. The van der Waals surface area contributed by atoms with Gasteiger partial charge >= 0.3 is 10.2 Å². The number of rotatable bonds is 7. The lowest BCUT2D eigenvalue weighted by Crippen LogP contribution is -2.52. The highest BCUT2D eigenvalue weighted by Gasteiger charge is 2.65. The molecule has 1 aromatic heterocycles. The molecule has 2 heterocycles. The topological polar surface area (TPSA) is 110 Å². The van der Waals surface area contributed by atoms with Crippen molar-refractivity contribution in [2.24, 2.45) is 0 Å². The van der Waals surface area contributed by atoms with E-state index >= 15 is 0 Å². The molecule has 0 bridgehead atoms. The number of aromatic nitrogens is 2. The third-order valence-electron chi connectivity index (χ3n) is 7.17. The van der Waals surface area contributed by atoms with Crippen LogP contribution in [0.1, 0.15) is 56.5 Å². The zero-order valence-corrected chi connectivity index (χ0v) is 22.4. The molecule has 0 spiro atoms. The van der Waals surface area contributed by atoms with Gasteiger partial charge in [0.15, 0.2) is 6.04 Å². The summed E-state index contributed by atoms with van der Waals surface area (Å²) in [6.45, 7) is 2.99. The summed E-state index contributed by atoms with van der Waals surface area (Å²) in [5.41, 5.74) is -1.30. The summed E-state index contributed by atoms with van der Waals surface area (Å²) in [7, 11) is -10.0. The Morgan fingerprint density at radius 1 is 1.12 bits per heavy atom. The fourth-order valence-electron chi connectivity index (χ4n) is 5.01. The number of nitrogens with zero attached hydrogens (tertiary/aromatic N) is 2. The molecule has 1 aromatic carbocycles. The lowest BCUT2D eigenvalue weighted by atomic mass is 9.92. The van der Waals surface area contributed by atoms with Crippen molar-refractivity contribution in [3.63, 3.8) is 0 Å². The summed E-state index contributed by atoms with van der Waals surface area (Å²) in [4.78, 5) is 33.1. The van der Waals surface area contributed by atoms with Crippen molar-refractivity contribution in [3.8, 4) is 0 Å². The van der Waals surface area contributed by atoms with Gasteiger partial charge in [-0.1, -0.05) is 19.4 Å². The van der Waals surface area contributed by atoms with Crippen LogP contribution in [-0.2, 0) is 9.59 Å². The number of aryl methyl sites for hydroxylation is 1. The highest BCUT2D eigenvalue weighted by Crippen LogP contribution is 3.02. The minimum Gasteiger partial charge on any atom is -0.389 e. The summed E-state index contributed by atoms with van der Waals surface area (Å²) in [6.07, 6.45) is 0.0739. The Morgan fingerprint density at radius 3 is 2.20 bits per heavy atom. The third-order valence-corrected chi connectivity index (χ3v) is 8.33. The number of halogens is 7. The van der Waals surface area contributed by atoms with E-state index < -0.39 is 69.4 Å². The van der Waals surface area contributed by atoms with Crippen LogP contribution in [0.2, 0.25) is 0 Å². The largest absolute Gasteiger partial charge is 0.389 e. The van der Waals surface area contributed by atoms with E-state index in [9.17, 15) is 42.9 Å². The first-order valence-corrected chi connectivity index (χ1v) is 14.4. The molecule has 1 aliphatic heterocycles. The fourth-order valence-corrected chi connectivity index (χ4v) is 5.66. The first-order chi connectivity index (χ1) is 18.2. The Bertz CT molecular complexity index is 1280. The first-order valence-electron chi connectivity index (χ1n) is 12.5. The number of H-pyrrole nitrogens is 1. The molecule has 16 heteroatoms. The highest BCUT2D eigenvalue weighted by molar-refractivity contribution is 8.45. The maximum Gasteiger partial charge on any atom is 0.310 e. The summed E-state index contributed by atoms with van der Waals surface area (Å²) in [5, 5.41) is 15.8. The zero-order chi connectivity index (χ0) is 29.8. The lowest BCUT2D eigenvalue weighted by Gasteiger charge is -2.41. The van der Waals surface area contributed by atoms with Crippen molar-refractivity contribution in [3.05, 3.63) is 42.0 Å². The third kappa shape index (κ3) is 6.71. The van der Waals surface area contributed by atoms with Gasteiger partial charge in [0.2, 0.25) is 17.7 Å². The van der Waals surface area contributed by atoms with Crippen molar-refractivity contribution in [2.45, 2.75) is 80.5 Å². The number of nitrogens with one attached hydrogen (secondary N) is 3. The molecule has 1 saturated heterocycles. The lowest BCUT2D eigenvalue weighted by molar-refractivity contribution is -0.128. The van der Waals surface area contributed by atoms with E-state index in [0.717, 1.165) is 4.90 Å². The van der Waals surface area contributed by atoms with Gasteiger partial charge in [-0.25, -0.2) is 13.8 Å². The molecule has 4 N–H and O–H groups in total. The highest BCUT2D eigenvalue weighted by atomic mass is 32.5. The average molecular weight is 602 g/mol. The number of carbonyl (C=O) groups excluding carboxylic acids is 2. The number of hydrogen-bond acceptors (Lipinski definition) is 5. The van der Waals surface area contributed by atoms with E-state index in [0.29, 0.717) is 17.8 Å². The van der Waals surface area contributed by atoms with Crippen LogP contribution in [0, 0.1) is 6.92 Å². The van der Waals surface area contributed by atoms with Gasteiger partial charge in [-0.05, 0) is 51.0 Å². The van der Waals surface area contributed by atoms with Crippen molar-refractivity contribution >= 4 is 27.7 Å². The van der Waals surface area contributed by atoms with E-state index in [1.165, 1.54) is 20.2 Å². The number of aliphatic hydroxyl groups is 1. The fraction of sp³-hybridized carbons (Fsp3) is 0.542. The van der Waals surface area contributed by atoms with E-state index in [-0.39, 0.29) is 49.3 Å². The monoisotopic (exact) mass is 601 g/mol. The number of amides is 2.